The first-order valence-corrected chi connectivity index (χ1v) is 7.77. The van der Waals surface area contributed by atoms with Crippen molar-refractivity contribution in [1.29, 1.82) is 0 Å². The normalized spacial score (nSPS) is 16.7. The number of aromatic nitrogens is 2. The standard InChI is InChI=1S/C15H12ClN5O3/c16-10-7-18-15(11-3-4-13(24-11)21(22)23)20-14(10)19-12-5-9(6-17-12)8-1-2-8/h3-5,7-8H,1-2,6H2,(H,17,18,19,20). The minimum absolute atomic E-state index is 0.198. The van der Waals surface area contributed by atoms with Crippen LogP contribution < -0.4 is 5.32 Å². The summed E-state index contributed by atoms with van der Waals surface area (Å²) in [6.07, 6.45) is 5.89. The summed E-state index contributed by atoms with van der Waals surface area (Å²) in [5.41, 5.74) is 1.32. The largest absolute Gasteiger partial charge is 0.433 e. The van der Waals surface area contributed by atoms with Gasteiger partial charge in [0.1, 0.15) is 15.8 Å². The third-order valence-electron chi connectivity index (χ3n) is 3.84. The van der Waals surface area contributed by atoms with Crippen LogP contribution >= 0.6 is 11.6 Å². The van der Waals surface area contributed by atoms with Crippen LogP contribution in [0.4, 0.5) is 11.7 Å². The van der Waals surface area contributed by atoms with Gasteiger partial charge in [0.05, 0.1) is 18.8 Å². The number of hydrogen-bond donors (Lipinski definition) is 1. The lowest BCUT2D eigenvalue weighted by atomic mass is 10.2. The van der Waals surface area contributed by atoms with E-state index in [1.165, 1.54) is 36.7 Å². The zero-order valence-corrected chi connectivity index (χ0v) is 13.2. The van der Waals surface area contributed by atoms with E-state index in [4.69, 9.17) is 16.0 Å². The maximum Gasteiger partial charge on any atom is 0.433 e. The predicted octanol–water partition coefficient (Wildman–Crippen LogP) is 3.46. The van der Waals surface area contributed by atoms with Crippen molar-refractivity contribution in [2.24, 2.45) is 10.9 Å². The van der Waals surface area contributed by atoms with Crippen molar-refractivity contribution in [3.8, 4) is 11.6 Å². The van der Waals surface area contributed by atoms with Crippen molar-refractivity contribution in [3.05, 3.63) is 45.1 Å². The maximum atomic E-state index is 10.7. The van der Waals surface area contributed by atoms with E-state index in [0.29, 0.717) is 29.1 Å². The van der Waals surface area contributed by atoms with Crippen molar-refractivity contribution in [2.75, 3.05) is 11.9 Å². The van der Waals surface area contributed by atoms with Crippen LogP contribution in [0.2, 0.25) is 5.02 Å². The number of rotatable bonds is 4. The fourth-order valence-corrected chi connectivity index (χ4v) is 2.60. The number of halogens is 1. The van der Waals surface area contributed by atoms with Crippen molar-refractivity contribution in [2.45, 2.75) is 12.8 Å². The summed E-state index contributed by atoms with van der Waals surface area (Å²) in [6.45, 7) is 0.701. The van der Waals surface area contributed by atoms with Crippen molar-refractivity contribution < 1.29 is 9.34 Å². The van der Waals surface area contributed by atoms with Crippen LogP contribution in [0, 0.1) is 16.0 Å². The van der Waals surface area contributed by atoms with E-state index in [2.05, 4.69) is 20.3 Å². The maximum absolute atomic E-state index is 10.7. The predicted molar refractivity (Wildman–Crippen MR) is 88.1 cm³/mol. The molecule has 1 fully saturated rings. The fourth-order valence-electron chi connectivity index (χ4n) is 2.46. The quantitative estimate of drug-likeness (QED) is 0.671. The van der Waals surface area contributed by atoms with E-state index >= 15 is 0 Å². The van der Waals surface area contributed by atoms with Gasteiger partial charge in [0.25, 0.3) is 0 Å². The first-order chi connectivity index (χ1) is 11.6. The minimum atomic E-state index is -0.615. The van der Waals surface area contributed by atoms with Gasteiger partial charge in [-0.3, -0.25) is 15.1 Å². The molecule has 3 heterocycles. The summed E-state index contributed by atoms with van der Waals surface area (Å²) >= 11 is 6.13. The van der Waals surface area contributed by atoms with Crippen LogP contribution in [0.3, 0.4) is 0 Å². The Balaban J connectivity index is 1.58. The van der Waals surface area contributed by atoms with Gasteiger partial charge in [-0.25, -0.2) is 9.97 Å². The molecule has 0 unspecified atom stereocenters. The van der Waals surface area contributed by atoms with Crippen molar-refractivity contribution in [3.63, 3.8) is 0 Å². The topological polar surface area (TPSA) is 106 Å². The monoisotopic (exact) mass is 345 g/mol. The fraction of sp³-hybridized carbons (Fsp3) is 0.267. The molecule has 0 radical (unpaired) electrons. The van der Waals surface area contributed by atoms with Crippen molar-refractivity contribution in [1.82, 2.24) is 9.97 Å². The van der Waals surface area contributed by atoms with Crippen LogP contribution in [0.25, 0.3) is 11.6 Å². The number of nitrogens with zero attached hydrogens (tertiary/aromatic N) is 4. The zero-order chi connectivity index (χ0) is 16.7. The van der Waals surface area contributed by atoms with Crippen molar-refractivity contribution >= 4 is 29.1 Å². The Morgan fingerprint density at radius 3 is 2.92 bits per heavy atom. The van der Waals surface area contributed by atoms with Crippen LogP contribution in [-0.2, 0) is 0 Å². The Hall–Kier alpha value is -2.74. The summed E-state index contributed by atoms with van der Waals surface area (Å²) < 4.78 is 5.12. The number of nitrogens with one attached hydrogen (secondary N) is 1. The second-order valence-corrected chi connectivity index (χ2v) is 6.01. The molecule has 2 aromatic rings. The molecule has 2 aromatic heterocycles. The average molecular weight is 346 g/mol. The highest BCUT2D eigenvalue weighted by molar-refractivity contribution is 6.33. The first-order valence-electron chi connectivity index (χ1n) is 7.39. The number of aliphatic imine (C=N–C) groups is 1. The molecule has 0 saturated heterocycles. The molecule has 24 heavy (non-hydrogen) atoms. The zero-order valence-electron chi connectivity index (χ0n) is 12.4. The highest BCUT2D eigenvalue weighted by Crippen LogP contribution is 2.38. The molecule has 9 heteroatoms. The lowest BCUT2D eigenvalue weighted by molar-refractivity contribution is -0.401. The van der Waals surface area contributed by atoms with E-state index in [-0.39, 0.29) is 17.5 Å². The molecule has 1 aliphatic heterocycles. The van der Waals surface area contributed by atoms with Gasteiger partial charge < -0.3 is 9.73 Å². The molecule has 2 aliphatic rings. The second kappa shape index (κ2) is 5.72. The van der Waals surface area contributed by atoms with Crippen LogP contribution in [0.1, 0.15) is 12.8 Å². The van der Waals surface area contributed by atoms with Crippen LogP contribution in [0.5, 0.6) is 0 Å². The Bertz CT molecular complexity index is 885. The summed E-state index contributed by atoms with van der Waals surface area (Å²) in [5.74, 6) is 1.79. The summed E-state index contributed by atoms with van der Waals surface area (Å²) in [7, 11) is 0. The molecule has 1 saturated carbocycles. The molecule has 0 spiro atoms. The van der Waals surface area contributed by atoms with E-state index in [1.54, 1.807) is 0 Å². The van der Waals surface area contributed by atoms with Gasteiger partial charge in [0, 0.05) is 0 Å². The van der Waals surface area contributed by atoms with E-state index in [1.807, 2.05) is 6.08 Å². The molecule has 0 atom stereocenters. The molecular formula is C15H12ClN5O3. The highest BCUT2D eigenvalue weighted by atomic mass is 35.5. The lowest BCUT2D eigenvalue weighted by Crippen LogP contribution is -2.10. The van der Waals surface area contributed by atoms with Gasteiger partial charge in [-0.1, -0.05) is 11.6 Å². The smallest absolute Gasteiger partial charge is 0.397 e. The van der Waals surface area contributed by atoms with Gasteiger partial charge in [-0.15, -0.1) is 0 Å². The van der Waals surface area contributed by atoms with Gasteiger partial charge in [0.2, 0.25) is 0 Å². The Morgan fingerprint density at radius 2 is 2.21 bits per heavy atom. The van der Waals surface area contributed by atoms with Gasteiger partial charge >= 0.3 is 5.88 Å². The first kappa shape index (κ1) is 14.8. The Labute approximate surface area is 141 Å². The summed E-state index contributed by atoms with van der Waals surface area (Å²) in [5, 5.41) is 14.1. The third kappa shape index (κ3) is 2.88. The molecule has 122 valence electrons. The molecule has 1 N–H and O–H groups in total. The lowest BCUT2D eigenvalue weighted by Gasteiger charge is -2.06. The van der Waals surface area contributed by atoms with Gasteiger partial charge in [-0.2, -0.15) is 0 Å². The van der Waals surface area contributed by atoms with E-state index in [9.17, 15) is 10.1 Å². The van der Waals surface area contributed by atoms with Crippen LogP contribution in [0.15, 0.2) is 39.4 Å². The molecule has 8 nitrogen and oxygen atoms in total. The van der Waals surface area contributed by atoms with Gasteiger partial charge in [0.15, 0.2) is 17.4 Å². The molecule has 1 aliphatic carbocycles. The number of amidine groups is 1. The minimum Gasteiger partial charge on any atom is -0.397 e. The SMILES string of the molecule is O=[N+]([O-])c1ccc(-c2ncc(Cl)c(NC3=NCC(C4CC4)=C3)n2)o1. The number of furan rings is 1. The summed E-state index contributed by atoms with van der Waals surface area (Å²) in [4.78, 5) is 22.9. The van der Waals surface area contributed by atoms with Gasteiger partial charge in [-0.05, 0) is 36.5 Å². The van der Waals surface area contributed by atoms with Crippen LogP contribution in [-0.4, -0.2) is 27.3 Å². The summed E-state index contributed by atoms with van der Waals surface area (Å²) in [6, 6.07) is 2.70. The Kier molecular flexibility index (Phi) is 3.53. The average Bonchev–Trinajstić information content (AvgIpc) is 3.10. The third-order valence-corrected chi connectivity index (χ3v) is 4.12. The molecule has 0 bridgehead atoms. The molecule has 0 aromatic carbocycles. The van der Waals surface area contributed by atoms with E-state index in [0.717, 1.165) is 0 Å². The van der Waals surface area contributed by atoms with E-state index < -0.39 is 4.92 Å². The molecule has 0 amide bonds. The Morgan fingerprint density at radius 1 is 1.38 bits per heavy atom. The number of anilines is 1. The number of nitro groups is 1. The molecule has 4 rings (SSSR count). The highest BCUT2D eigenvalue weighted by Gasteiger charge is 2.28. The second-order valence-electron chi connectivity index (χ2n) is 5.61. The number of hydrogen-bond acceptors (Lipinski definition) is 7. The molecular weight excluding hydrogens is 334 g/mol.